The molecule has 0 fully saturated rings. The van der Waals surface area contributed by atoms with Crippen molar-refractivity contribution in [3.8, 4) is 0 Å². The number of hydrogen-bond acceptors (Lipinski definition) is 3. The fraction of sp³-hybridized carbons (Fsp3) is 0.294. The van der Waals surface area contributed by atoms with E-state index < -0.39 is 6.04 Å². The molecule has 22 heavy (non-hydrogen) atoms. The summed E-state index contributed by atoms with van der Waals surface area (Å²) in [6.45, 7) is 4.32. The number of carbonyl (C=O) groups excluding carboxylic acids is 2. The van der Waals surface area contributed by atoms with Crippen LogP contribution in [0.1, 0.15) is 29.1 Å². The second kappa shape index (κ2) is 7.75. The molecule has 1 heterocycles. The molecular formula is C17H20N2O2S. The molecule has 0 aliphatic carbocycles. The van der Waals surface area contributed by atoms with Crippen LogP contribution in [0.3, 0.4) is 0 Å². The third kappa shape index (κ3) is 4.43. The molecule has 1 atom stereocenters. The van der Waals surface area contributed by atoms with Gasteiger partial charge in [-0.05, 0) is 29.5 Å². The Morgan fingerprint density at radius 1 is 1.09 bits per heavy atom. The SMILES string of the molecule is CC(C)C(NC(=O)c1ccccc1)C(=O)NCc1cccs1. The average Bonchev–Trinajstić information content (AvgIpc) is 3.04. The maximum absolute atomic E-state index is 12.3. The average molecular weight is 316 g/mol. The first-order valence-electron chi connectivity index (χ1n) is 7.24. The van der Waals surface area contributed by atoms with Crippen LogP contribution in [0.2, 0.25) is 0 Å². The van der Waals surface area contributed by atoms with Gasteiger partial charge in [-0.15, -0.1) is 11.3 Å². The van der Waals surface area contributed by atoms with Gasteiger partial charge in [-0.25, -0.2) is 0 Å². The van der Waals surface area contributed by atoms with E-state index in [-0.39, 0.29) is 17.7 Å². The minimum atomic E-state index is -0.548. The van der Waals surface area contributed by atoms with Crippen molar-refractivity contribution < 1.29 is 9.59 Å². The van der Waals surface area contributed by atoms with E-state index in [0.717, 1.165) is 4.88 Å². The van der Waals surface area contributed by atoms with Gasteiger partial charge in [-0.3, -0.25) is 9.59 Å². The molecule has 1 unspecified atom stereocenters. The smallest absolute Gasteiger partial charge is 0.251 e. The lowest BCUT2D eigenvalue weighted by molar-refractivity contribution is -0.124. The predicted octanol–water partition coefficient (Wildman–Crippen LogP) is 2.82. The topological polar surface area (TPSA) is 58.2 Å². The van der Waals surface area contributed by atoms with Crippen LogP contribution in [0.5, 0.6) is 0 Å². The normalized spacial score (nSPS) is 12.0. The molecule has 2 amide bonds. The lowest BCUT2D eigenvalue weighted by Gasteiger charge is -2.21. The zero-order chi connectivity index (χ0) is 15.9. The van der Waals surface area contributed by atoms with E-state index in [4.69, 9.17) is 0 Å². The molecule has 0 spiro atoms. The monoisotopic (exact) mass is 316 g/mol. The zero-order valence-electron chi connectivity index (χ0n) is 12.7. The van der Waals surface area contributed by atoms with Crippen molar-refractivity contribution in [1.29, 1.82) is 0 Å². The summed E-state index contributed by atoms with van der Waals surface area (Å²) in [5.41, 5.74) is 0.555. The van der Waals surface area contributed by atoms with E-state index in [0.29, 0.717) is 12.1 Å². The van der Waals surface area contributed by atoms with Crippen LogP contribution in [0.4, 0.5) is 0 Å². The van der Waals surface area contributed by atoms with Crippen LogP contribution >= 0.6 is 11.3 Å². The number of rotatable bonds is 6. The lowest BCUT2D eigenvalue weighted by atomic mass is 10.0. The van der Waals surface area contributed by atoms with Crippen LogP contribution in [0, 0.1) is 5.92 Å². The summed E-state index contributed by atoms with van der Waals surface area (Å²) in [5.74, 6) is -0.380. The van der Waals surface area contributed by atoms with Crippen molar-refractivity contribution in [3.05, 3.63) is 58.3 Å². The van der Waals surface area contributed by atoms with Crippen molar-refractivity contribution in [2.45, 2.75) is 26.4 Å². The van der Waals surface area contributed by atoms with Crippen LogP contribution in [-0.2, 0) is 11.3 Å². The molecule has 2 aromatic rings. The van der Waals surface area contributed by atoms with Crippen molar-refractivity contribution in [1.82, 2.24) is 10.6 Å². The van der Waals surface area contributed by atoms with Gasteiger partial charge in [0.25, 0.3) is 5.91 Å². The summed E-state index contributed by atoms with van der Waals surface area (Å²) in [6.07, 6.45) is 0. The van der Waals surface area contributed by atoms with Gasteiger partial charge < -0.3 is 10.6 Å². The molecule has 0 aliphatic rings. The van der Waals surface area contributed by atoms with Crippen LogP contribution < -0.4 is 10.6 Å². The lowest BCUT2D eigenvalue weighted by Crippen LogP contribution is -2.49. The third-order valence-corrected chi connectivity index (χ3v) is 4.17. The maximum Gasteiger partial charge on any atom is 0.251 e. The number of carbonyl (C=O) groups is 2. The Balaban J connectivity index is 1.97. The molecule has 4 nitrogen and oxygen atoms in total. The molecule has 0 saturated carbocycles. The van der Waals surface area contributed by atoms with E-state index in [9.17, 15) is 9.59 Å². The summed E-state index contributed by atoms with van der Waals surface area (Å²) in [6, 6.07) is 12.3. The number of thiophene rings is 1. The van der Waals surface area contributed by atoms with E-state index in [1.165, 1.54) is 0 Å². The Morgan fingerprint density at radius 3 is 2.41 bits per heavy atom. The highest BCUT2D eigenvalue weighted by Crippen LogP contribution is 2.09. The summed E-state index contributed by atoms with van der Waals surface area (Å²) in [7, 11) is 0. The highest BCUT2D eigenvalue weighted by Gasteiger charge is 2.24. The molecule has 1 aromatic carbocycles. The Kier molecular flexibility index (Phi) is 5.72. The molecule has 0 aliphatic heterocycles. The van der Waals surface area contributed by atoms with Crippen molar-refractivity contribution in [2.75, 3.05) is 0 Å². The molecule has 0 saturated heterocycles. The quantitative estimate of drug-likeness (QED) is 0.861. The molecule has 0 radical (unpaired) electrons. The van der Waals surface area contributed by atoms with Gasteiger partial charge >= 0.3 is 0 Å². The van der Waals surface area contributed by atoms with Crippen molar-refractivity contribution >= 4 is 23.2 Å². The summed E-state index contributed by atoms with van der Waals surface area (Å²) in [5, 5.41) is 7.67. The predicted molar refractivity (Wildman–Crippen MR) is 88.7 cm³/mol. The first-order valence-corrected chi connectivity index (χ1v) is 8.12. The highest BCUT2D eigenvalue weighted by molar-refractivity contribution is 7.09. The molecule has 0 bridgehead atoms. The fourth-order valence-electron chi connectivity index (χ4n) is 2.05. The summed E-state index contributed by atoms with van der Waals surface area (Å²) >= 11 is 1.59. The minimum Gasteiger partial charge on any atom is -0.349 e. The summed E-state index contributed by atoms with van der Waals surface area (Å²) in [4.78, 5) is 25.6. The molecule has 2 rings (SSSR count). The van der Waals surface area contributed by atoms with E-state index >= 15 is 0 Å². The Labute approximate surface area is 134 Å². The Morgan fingerprint density at radius 2 is 1.82 bits per heavy atom. The van der Waals surface area contributed by atoms with Gasteiger partial charge in [0.15, 0.2) is 0 Å². The second-order valence-corrected chi connectivity index (χ2v) is 6.39. The largest absolute Gasteiger partial charge is 0.349 e. The van der Waals surface area contributed by atoms with Crippen molar-refractivity contribution in [3.63, 3.8) is 0 Å². The third-order valence-electron chi connectivity index (χ3n) is 3.29. The zero-order valence-corrected chi connectivity index (χ0v) is 13.5. The molecule has 1 aromatic heterocycles. The van der Waals surface area contributed by atoms with Gasteiger partial charge in [0, 0.05) is 10.4 Å². The summed E-state index contributed by atoms with van der Waals surface area (Å²) < 4.78 is 0. The highest BCUT2D eigenvalue weighted by atomic mass is 32.1. The Hall–Kier alpha value is -2.14. The fourth-order valence-corrected chi connectivity index (χ4v) is 2.69. The van der Waals surface area contributed by atoms with Crippen LogP contribution in [0.25, 0.3) is 0 Å². The number of amides is 2. The van der Waals surface area contributed by atoms with Gasteiger partial charge in [-0.1, -0.05) is 38.1 Å². The number of hydrogen-bond donors (Lipinski definition) is 2. The first-order chi connectivity index (χ1) is 10.6. The molecule has 2 N–H and O–H groups in total. The maximum atomic E-state index is 12.3. The first kappa shape index (κ1) is 16.2. The van der Waals surface area contributed by atoms with E-state index in [1.807, 2.05) is 37.4 Å². The minimum absolute atomic E-state index is 0.0102. The van der Waals surface area contributed by atoms with E-state index in [2.05, 4.69) is 10.6 Å². The van der Waals surface area contributed by atoms with Gasteiger partial charge in [0.1, 0.15) is 6.04 Å². The van der Waals surface area contributed by atoms with Gasteiger partial charge in [-0.2, -0.15) is 0 Å². The van der Waals surface area contributed by atoms with Crippen LogP contribution in [-0.4, -0.2) is 17.9 Å². The molecular weight excluding hydrogens is 296 g/mol. The van der Waals surface area contributed by atoms with Gasteiger partial charge in [0.2, 0.25) is 5.91 Å². The molecule has 116 valence electrons. The van der Waals surface area contributed by atoms with Gasteiger partial charge in [0.05, 0.1) is 6.54 Å². The second-order valence-electron chi connectivity index (χ2n) is 5.36. The number of nitrogens with one attached hydrogen (secondary N) is 2. The molecule has 5 heteroatoms. The van der Waals surface area contributed by atoms with Crippen molar-refractivity contribution in [2.24, 2.45) is 5.92 Å². The van der Waals surface area contributed by atoms with E-state index in [1.54, 1.807) is 35.6 Å². The van der Waals surface area contributed by atoms with Crippen LogP contribution in [0.15, 0.2) is 47.8 Å². The Bertz CT molecular complexity index is 609. The standard InChI is InChI=1S/C17H20N2O2S/c1-12(2)15(17(21)18-11-14-9-6-10-22-14)19-16(20)13-7-4-3-5-8-13/h3-10,12,15H,11H2,1-2H3,(H,18,21)(H,19,20). The number of benzene rings is 1.